The number of aliphatic hydroxyl groups is 1. The number of amides is 2. The Hall–Kier alpha value is -2.84. The summed E-state index contributed by atoms with van der Waals surface area (Å²) in [7, 11) is 0. The van der Waals surface area contributed by atoms with Gasteiger partial charge in [-0.15, -0.1) is 0 Å². The van der Waals surface area contributed by atoms with E-state index < -0.39 is 12.1 Å². The average Bonchev–Trinajstić information content (AvgIpc) is 2.47. The van der Waals surface area contributed by atoms with Crippen molar-refractivity contribution in [2.45, 2.75) is 13.0 Å². The first-order chi connectivity index (χ1) is 10.1. The molecule has 0 saturated carbocycles. The van der Waals surface area contributed by atoms with Crippen molar-refractivity contribution in [3.8, 4) is 6.07 Å². The number of hydrogen-bond acceptors (Lipinski definition) is 3. The molecule has 0 radical (unpaired) electrons. The molecule has 0 fully saturated rings. The Morgan fingerprint density at radius 1 is 1.14 bits per heavy atom. The summed E-state index contributed by atoms with van der Waals surface area (Å²) in [5.41, 5.74) is 2.32. The van der Waals surface area contributed by atoms with Crippen LogP contribution in [0.4, 0.5) is 16.2 Å². The molecule has 0 saturated heterocycles. The molecule has 2 aromatic carbocycles. The van der Waals surface area contributed by atoms with Gasteiger partial charge < -0.3 is 15.7 Å². The molecule has 2 rings (SSSR count). The molecule has 1 atom stereocenters. The van der Waals surface area contributed by atoms with Crippen molar-refractivity contribution in [1.29, 1.82) is 5.26 Å². The summed E-state index contributed by atoms with van der Waals surface area (Å²) in [6.07, 6.45) is -0.595. The van der Waals surface area contributed by atoms with Crippen molar-refractivity contribution >= 4 is 17.4 Å². The molecule has 0 aliphatic carbocycles. The first kappa shape index (κ1) is 14.6. The lowest BCUT2D eigenvalue weighted by molar-refractivity contribution is 0.199. The van der Waals surface area contributed by atoms with Crippen molar-refractivity contribution in [3.05, 3.63) is 59.7 Å². The highest BCUT2D eigenvalue weighted by atomic mass is 16.3. The fourth-order valence-electron chi connectivity index (χ4n) is 1.84. The first-order valence-electron chi connectivity index (χ1n) is 6.44. The molecule has 0 spiro atoms. The lowest BCUT2D eigenvalue weighted by Crippen LogP contribution is -2.19. The average molecular weight is 281 g/mol. The second-order valence-electron chi connectivity index (χ2n) is 4.57. The molecule has 0 aliphatic heterocycles. The number of benzene rings is 2. The van der Waals surface area contributed by atoms with Crippen molar-refractivity contribution in [2.75, 3.05) is 10.6 Å². The second-order valence-corrected chi connectivity index (χ2v) is 4.57. The van der Waals surface area contributed by atoms with Gasteiger partial charge in [-0.1, -0.05) is 18.2 Å². The van der Waals surface area contributed by atoms with Crippen LogP contribution in [0.1, 0.15) is 24.2 Å². The van der Waals surface area contributed by atoms with Crippen LogP contribution >= 0.6 is 0 Å². The van der Waals surface area contributed by atoms with Gasteiger partial charge in [0.25, 0.3) is 0 Å². The predicted octanol–water partition coefficient (Wildman–Crippen LogP) is 3.26. The van der Waals surface area contributed by atoms with Gasteiger partial charge in [-0.05, 0) is 42.8 Å². The van der Waals surface area contributed by atoms with Crippen LogP contribution in [0.25, 0.3) is 0 Å². The fraction of sp³-hybridized carbons (Fsp3) is 0.125. The van der Waals surface area contributed by atoms with E-state index in [1.807, 2.05) is 6.07 Å². The van der Waals surface area contributed by atoms with Crippen LogP contribution in [-0.4, -0.2) is 11.1 Å². The van der Waals surface area contributed by atoms with E-state index in [0.29, 0.717) is 16.9 Å². The topological polar surface area (TPSA) is 85.2 Å². The number of nitriles is 1. The summed E-state index contributed by atoms with van der Waals surface area (Å²) >= 11 is 0. The molecule has 1 unspecified atom stereocenters. The zero-order valence-corrected chi connectivity index (χ0v) is 11.5. The fourth-order valence-corrected chi connectivity index (χ4v) is 1.84. The predicted molar refractivity (Wildman–Crippen MR) is 80.9 cm³/mol. The zero-order chi connectivity index (χ0) is 15.2. The number of carbonyl (C=O) groups excluding carboxylic acids is 1. The molecular weight excluding hydrogens is 266 g/mol. The lowest BCUT2D eigenvalue weighted by atomic mass is 10.1. The van der Waals surface area contributed by atoms with E-state index in [2.05, 4.69) is 10.6 Å². The zero-order valence-electron chi connectivity index (χ0n) is 11.5. The minimum absolute atomic E-state index is 0.409. The molecule has 0 heterocycles. The van der Waals surface area contributed by atoms with Crippen LogP contribution < -0.4 is 10.6 Å². The molecule has 0 aliphatic rings. The van der Waals surface area contributed by atoms with Gasteiger partial charge in [0.1, 0.15) is 0 Å². The Kier molecular flexibility index (Phi) is 4.54. The number of hydrogen-bond donors (Lipinski definition) is 3. The minimum atomic E-state index is -0.595. The molecule has 3 N–H and O–H groups in total. The largest absolute Gasteiger partial charge is 0.389 e. The Morgan fingerprint density at radius 2 is 1.76 bits per heavy atom. The minimum Gasteiger partial charge on any atom is -0.389 e. The summed E-state index contributed by atoms with van der Waals surface area (Å²) in [5, 5.41) is 23.7. The molecule has 0 aromatic heterocycles. The maximum atomic E-state index is 11.9. The highest BCUT2D eigenvalue weighted by Crippen LogP contribution is 2.17. The van der Waals surface area contributed by atoms with Crippen LogP contribution in [0.5, 0.6) is 0 Å². The van der Waals surface area contributed by atoms with Crippen molar-refractivity contribution < 1.29 is 9.90 Å². The Morgan fingerprint density at radius 3 is 2.38 bits per heavy atom. The summed E-state index contributed by atoms with van der Waals surface area (Å²) < 4.78 is 0. The van der Waals surface area contributed by atoms with Crippen molar-refractivity contribution in [2.24, 2.45) is 0 Å². The third-order valence-corrected chi connectivity index (χ3v) is 2.88. The summed E-state index contributed by atoms with van der Waals surface area (Å²) in [6.45, 7) is 1.66. The van der Waals surface area contributed by atoms with Gasteiger partial charge in [0.2, 0.25) is 0 Å². The SMILES string of the molecule is CC(O)c1cccc(NC(=O)Nc2cccc(C#N)c2)c1. The Bertz CT molecular complexity index is 690. The number of rotatable bonds is 3. The van der Waals surface area contributed by atoms with Crippen LogP contribution in [0.2, 0.25) is 0 Å². The van der Waals surface area contributed by atoms with Crippen molar-refractivity contribution in [1.82, 2.24) is 0 Å². The van der Waals surface area contributed by atoms with E-state index in [0.717, 1.165) is 5.56 Å². The first-order valence-corrected chi connectivity index (χ1v) is 6.44. The second kappa shape index (κ2) is 6.55. The van der Waals surface area contributed by atoms with E-state index in [1.54, 1.807) is 55.5 Å². The van der Waals surface area contributed by atoms with Gasteiger partial charge in [-0.2, -0.15) is 5.26 Å². The number of nitrogens with one attached hydrogen (secondary N) is 2. The Balaban J connectivity index is 2.05. The molecule has 5 heteroatoms. The maximum absolute atomic E-state index is 11.9. The molecule has 5 nitrogen and oxygen atoms in total. The molecule has 0 bridgehead atoms. The third-order valence-electron chi connectivity index (χ3n) is 2.88. The Labute approximate surface area is 122 Å². The molecular formula is C16H15N3O2. The van der Waals surface area contributed by atoms with E-state index in [-0.39, 0.29) is 0 Å². The molecule has 106 valence electrons. The monoisotopic (exact) mass is 281 g/mol. The van der Waals surface area contributed by atoms with Gasteiger partial charge >= 0.3 is 6.03 Å². The van der Waals surface area contributed by atoms with Gasteiger partial charge in [0.05, 0.1) is 17.7 Å². The van der Waals surface area contributed by atoms with Gasteiger partial charge in [0.15, 0.2) is 0 Å². The van der Waals surface area contributed by atoms with Gasteiger partial charge in [-0.25, -0.2) is 4.79 Å². The number of urea groups is 1. The van der Waals surface area contributed by atoms with E-state index >= 15 is 0 Å². The van der Waals surface area contributed by atoms with E-state index in [4.69, 9.17) is 5.26 Å². The highest BCUT2D eigenvalue weighted by Gasteiger charge is 2.05. The van der Waals surface area contributed by atoms with E-state index in [9.17, 15) is 9.90 Å². The van der Waals surface area contributed by atoms with Crippen LogP contribution in [0.3, 0.4) is 0 Å². The van der Waals surface area contributed by atoms with Crippen LogP contribution in [0, 0.1) is 11.3 Å². The summed E-state index contributed by atoms with van der Waals surface area (Å²) in [5.74, 6) is 0. The molecule has 21 heavy (non-hydrogen) atoms. The third kappa shape index (κ3) is 4.06. The summed E-state index contributed by atoms with van der Waals surface area (Å²) in [4.78, 5) is 11.9. The number of nitrogens with zero attached hydrogens (tertiary/aromatic N) is 1. The lowest BCUT2D eigenvalue weighted by Gasteiger charge is -2.10. The number of carbonyl (C=O) groups is 1. The highest BCUT2D eigenvalue weighted by molar-refractivity contribution is 5.99. The molecule has 2 amide bonds. The maximum Gasteiger partial charge on any atom is 0.323 e. The van der Waals surface area contributed by atoms with Gasteiger partial charge in [-0.3, -0.25) is 0 Å². The normalized spacial score (nSPS) is 11.3. The van der Waals surface area contributed by atoms with E-state index in [1.165, 1.54) is 0 Å². The van der Waals surface area contributed by atoms with Crippen molar-refractivity contribution in [3.63, 3.8) is 0 Å². The molecule has 2 aromatic rings. The summed E-state index contributed by atoms with van der Waals surface area (Å²) in [6, 6.07) is 15.2. The van der Waals surface area contributed by atoms with Crippen LogP contribution in [-0.2, 0) is 0 Å². The van der Waals surface area contributed by atoms with Crippen LogP contribution in [0.15, 0.2) is 48.5 Å². The number of aliphatic hydroxyl groups excluding tert-OH is 1. The standard InChI is InChI=1S/C16H15N3O2/c1-11(20)13-5-3-7-15(9-13)19-16(21)18-14-6-2-4-12(8-14)10-17/h2-9,11,20H,1H3,(H2,18,19,21). The number of anilines is 2. The smallest absolute Gasteiger partial charge is 0.323 e. The quantitative estimate of drug-likeness (QED) is 0.807. The van der Waals surface area contributed by atoms with Gasteiger partial charge in [0, 0.05) is 11.4 Å².